The van der Waals surface area contributed by atoms with Gasteiger partial charge in [0.1, 0.15) is 5.82 Å². The third kappa shape index (κ3) is 4.65. The molecule has 0 unspecified atom stereocenters. The summed E-state index contributed by atoms with van der Waals surface area (Å²) in [6.07, 6.45) is -4.03. The Morgan fingerprint density at radius 1 is 1.09 bits per heavy atom. The van der Waals surface area contributed by atoms with Gasteiger partial charge < -0.3 is 4.57 Å². The first-order chi connectivity index (χ1) is 15.1. The molecular formula is C21H15Cl2F3N4OS. The van der Waals surface area contributed by atoms with Gasteiger partial charge in [-0.2, -0.15) is 13.2 Å². The van der Waals surface area contributed by atoms with E-state index in [4.69, 9.17) is 23.2 Å². The topological polar surface area (TPSA) is 63.6 Å². The van der Waals surface area contributed by atoms with Gasteiger partial charge in [0.15, 0.2) is 16.3 Å². The summed E-state index contributed by atoms with van der Waals surface area (Å²) in [5, 5.41) is 1.03. The molecule has 0 amide bonds. The van der Waals surface area contributed by atoms with Crippen LogP contribution in [0, 0.1) is 0 Å². The monoisotopic (exact) mass is 498 g/mol. The van der Waals surface area contributed by atoms with Crippen molar-refractivity contribution in [3.05, 3.63) is 74.0 Å². The lowest BCUT2D eigenvalue weighted by molar-refractivity contribution is -0.137. The van der Waals surface area contributed by atoms with Crippen molar-refractivity contribution in [1.29, 1.82) is 0 Å². The van der Waals surface area contributed by atoms with Crippen LogP contribution >= 0.6 is 35.0 Å². The van der Waals surface area contributed by atoms with Gasteiger partial charge in [-0.1, -0.05) is 41.0 Å². The quantitative estimate of drug-likeness (QED) is 0.271. The summed E-state index contributed by atoms with van der Waals surface area (Å²) >= 11 is 13.2. The number of rotatable bonds is 5. The van der Waals surface area contributed by atoms with E-state index in [0.29, 0.717) is 39.4 Å². The third-order valence-electron chi connectivity index (χ3n) is 4.80. The molecule has 0 aliphatic heterocycles. The van der Waals surface area contributed by atoms with E-state index in [2.05, 4.69) is 15.0 Å². The maximum absolute atomic E-state index is 12.8. The largest absolute Gasteiger partial charge is 0.416 e. The molecule has 4 aromatic rings. The number of imidazole rings is 1. The van der Waals surface area contributed by atoms with Gasteiger partial charge in [-0.25, -0.2) is 9.97 Å². The van der Waals surface area contributed by atoms with Crippen molar-refractivity contribution >= 4 is 46.1 Å². The van der Waals surface area contributed by atoms with Crippen LogP contribution in [0.3, 0.4) is 0 Å². The SMILES string of the molecule is Cn1c(-c2ccc(Cl)cc2)nc2c(=O)[nH]c(SCCc3ccc(C(F)(F)F)cc3Cl)nc21. The Hall–Kier alpha value is -2.49. The highest BCUT2D eigenvalue weighted by Gasteiger charge is 2.30. The Morgan fingerprint density at radius 3 is 2.47 bits per heavy atom. The number of aromatic nitrogens is 4. The zero-order valence-electron chi connectivity index (χ0n) is 16.5. The molecule has 0 aliphatic rings. The number of H-pyrrole nitrogens is 1. The number of hydrogen-bond donors (Lipinski definition) is 1. The average molecular weight is 499 g/mol. The normalized spacial score (nSPS) is 11.9. The Morgan fingerprint density at radius 2 is 1.81 bits per heavy atom. The van der Waals surface area contributed by atoms with Crippen molar-refractivity contribution in [2.45, 2.75) is 17.8 Å². The Bertz CT molecular complexity index is 1350. The molecule has 4 rings (SSSR count). The van der Waals surface area contributed by atoms with Crippen LogP contribution in [0.25, 0.3) is 22.6 Å². The number of nitrogens with one attached hydrogen (secondary N) is 1. The van der Waals surface area contributed by atoms with E-state index < -0.39 is 11.7 Å². The molecule has 0 saturated carbocycles. The summed E-state index contributed by atoms with van der Waals surface area (Å²) in [7, 11) is 1.77. The summed E-state index contributed by atoms with van der Waals surface area (Å²) in [5.74, 6) is 1.04. The van der Waals surface area contributed by atoms with Gasteiger partial charge in [0.25, 0.3) is 5.56 Å². The summed E-state index contributed by atoms with van der Waals surface area (Å²) in [4.78, 5) is 24.1. The van der Waals surface area contributed by atoms with Crippen molar-refractivity contribution in [2.24, 2.45) is 7.05 Å². The molecule has 0 bridgehead atoms. The number of fused-ring (bicyclic) bond motifs is 1. The maximum Gasteiger partial charge on any atom is 0.416 e. The van der Waals surface area contributed by atoms with Gasteiger partial charge in [0, 0.05) is 28.4 Å². The van der Waals surface area contributed by atoms with Gasteiger partial charge in [-0.3, -0.25) is 9.78 Å². The lowest BCUT2D eigenvalue weighted by atomic mass is 10.1. The van der Waals surface area contributed by atoms with Crippen LogP contribution in [-0.4, -0.2) is 25.3 Å². The van der Waals surface area contributed by atoms with Crippen LogP contribution in [0.5, 0.6) is 0 Å². The average Bonchev–Trinajstić information content (AvgIpc) is 3.06. The van der Waals surface area contributed by atoms with Crippen LogP contribution in [0.4, 0.5) is 13.2 Å². The van der Waals surface area contributed by atoms with Gasteiger partial charge >= 0.3 is 6.18 Å². The first-order valence-electron chi connectivity index (χ1n) is 9.34. The predicted octanol–water partition coefficient (Wildman–Crippen LogP) is 5.98. The van der Waals surface area contributed by atoms with Crippen LogP contribution < -0.4 is 5.56 Å². The highest BCUT2D eigenvalue weighted by atomic mass is 35.5. The number of aromatic amines is 1. The summed E-state index contributed by atoms with van der Waals surface area (Å²) in [5.41, 5.74) is 0.854. The van der Waals surface area contributed by atoms with Gasteiger partial charge in [-0.15, -0.1) is 0 Å². The second-order valence-electron chi connectivity index (χ2n) is 6.95. The molecule has 1 N–H and O–H groups in total. The van der Waals surface area contributed by atoms with Gasteiger partial charge in [0.05, 0.1) is 5.56 Å². The summed E-state index contributed by atoms with van der Waals surface area (Å²) < 4.78 is 40.1. The second-order valence-corrected chi connectivity index (χ2v) is 8.87. The lowest BCUT2D eigenvalue weighted by Crippen LogP contribution is -2.10. The minimum Gasteiger partial charge on any atom is -0.312 e. The van der Waals surface area contributed by atoms with E-state index >= 15 is 0 Å². The molecule has 0 fully saturated rings. The number of aryl methyl sites for hydroxylation is 2. The van der Waals surface area contributed by atoms with Crippen molar-refractivity contribution in [1.82, 2.24) is 19.5 Å². The number of nitrogens with zero attached hydrogens (tertiary/aromatic N) is 3. The molecule has 0 aliphatic carbocycles. The maximum atomic E-state index is 12.8. The molecule has 0 saturated heterocycles. The molecule has 0 radical (unpaired) electrons. The molecule has 0 atom stereocenters. The number of alkyl halides is 3. The van der Waals surface area contributed by atoms with Crippen LogP contribution in [0.2, 0.25) is 10.0 Å². The molecule has 0 spiro atoms. The summed E-state index contributed by atoms with van der Waals surface area (Å²) in [6, 6.07) is 10.4. The third-order valence-corrected chi connectivity index (χ3v) is 6.28. The Labute approximate surface area is 194 Å². The van der Waals surface area contributed by atoms with Crippen molar-refractivity contribution in [3.8, 4) is 11.4 Å². The van der Waals surface area contributed by atoms with Crippen LogP contribution in [0.15, 0.2) is 52.4 Å². The van der Waals surface area contributed by atoms with E-state index in [-0.39, 0.29) is 16.1 Å². The number of halogens is 5. The minimum atomic E-state index is -4.44. The minimum absolute atomic E-state index is 0.0524. The fourth-order valence-corrected chi connectivity index (χ4v) is 4.39. The highest BCUT2D eigenvalue weighted by molar-refractivity contribution is 7.99. The van der Waals surface area contributed by atoms with Crippen molar-refractivity contribution in [3.63, 3.8) is 0 Å². The zero-order valence-corrected chi connectivity index (χ0v) is 18.8. The lowest BCUT2D eigenvalue weighted by Gasteiger charge is -2.09. The van der Waals surface area contributed by atoms with Crippen LogP contribution in [0.1, 0.15) is 11.1 Å². The predicted molar refractivity (Wildman–Crippen MR) is 120 cm³/mol. The van der Waals surface area contributed by atoms with Crippen molar-refractivity contribution < 1.29 is 13.2 Å². The Balaban J connectivity index is 1.54. The molecule has 5 nitrogen and oxygen atoms in total. The van der Waals surface area contributed by atoms with E-state index in [1.54, 1.807) is 35.9 Å². The molecular weight excluding hydrogens is 484 g/mol. The first-order valence-corrected chi connectivity index (χ1v) is 11.1. The van der Waals surface area contributed by atoms with E-state index in [0.717, 1.165) is 17.7 Å². The number of benzene rings is 2. The smallest absolute Gasteiger partial charge is 0.312 e. The standard InChI is InChI=1S/C21H15Cl2F3N4OS/c1-30-17(12-3-6-14(22)7-4-12)27-16-18(30)28-20(29-19(16)31)32-9-8-11-2-5-13(10-15(11)23)21(24,25)26/h2-7,10H,8-9H2,1H3,(H,28,29,31). The Kier molecular flexibility index (Phi) is 6.24. The molecule has 11 heteroatoms. The second kappa shape index (κ2) is 8.80. The molecule has 2 aromatic heterocycles. The fraction of sp³-hybridized carbons (Fsp3) is 0.190. The molecule has 32 heavy (non-hydrogen) atoms. The van der Waals surface area contributed by atoms with E-state index in [1.165, 1.54) is 17.8 Å². The first kappa shape index (κ1) is 22.7. The number of thioether (sulfide) groups is 1. The number of hydrogen-bond acceptors (Lipinski definition) is 4. The van der Waals surface area contributed by atoms with Gasteiger partial charge in [-0.05, 0) is 48.4 Å². The van der Waals surface area contributed by atoms with Crippen molar-refractivity contribution in [2.75, 3.05) is 5.75 Å². The molecule has 2 heterocycles. The zero-order chi connectivity index (χ0) is 23.0. The van der Waals surface area contributed by atoms with Gasteiger partial charge in [0.2, 0.25) is 0 Å². The summed E-state index contributed by atoms with van der Waals surface area (Å²) in [6.45, 7) is 0. The molecule has 2 aromatic carbocycles. The van der Waals surface area contributed by atoms with E-state index in [9.17, 15) is 18.0 Å². The van der Waals surface area contributed by atoms with E-state index in [1.807, 2.05) is 0 Å². The van der Waals surface area contributed by atoms with Crippen LogP contribution in [-0.2, 0) is 19.6 Å². The molecule has 166 valence electrons. The fourth-order valence-electron chi connectivity index (χ4n) is 3.16. The highest BCUT2D eigenvalue weighted by Crippen LogP contribution is 2.32.